The number of carbonyl (C=O) groups excluding carboxylic acids is 1. The second-order valence-electron chi connectivity index (χ2n) is 9.02. The molecule has 1 saturated heterocycles. The summed E-state index contributed by atoms with van der Waals surface area (Å²) in [6, 6.07) is 8.56. The van der Waals surface area contributed by atoms with Crippen molar-refractivity contribution >= 4 is 5.91 Å². The lowest BCUT2D eigenvalue weighted by Crippen LogP contribution is -2.43. The maximum absolute atomic E-state index is 13.2. The summed E-state index contributed by atoms with van der Waals surface area (Å²) in [7, 11) is 0. The van der Waals surface area contributed by atoms with Gasteiger partial charge in [-0.1, -0.05) is 29.4 Å². The van der Waals surface area contributed by atoms with Crippen LogP contribution in [0.15, 0.2) is 41.2 Å². The van der Waals surface area contributed by atoms with Crippen LogP contribution in [-0.4, -0.2) is 38.6 Å². The van der Waals surface area contributed by atoms with Crippen LogP contribution in [0.1, 0.15) is 59.1 Å². The van der Waals surface area contributed by atoms with Crippen LogP contribution in [0.3, 0.4) is 0 Å². The highest BCUT2D eigenvalue weighted by molar-refractivity contribution is 5.79. The number of aryl methyl sites for hydroxylation is 3. The van der Waals surface area contributed by atoms with Gasteiger partial charge in [0.2, 0.25) is 5.91 Å². The lowest BCUT2D eigenvalue weighted by atomic mass is 9.82. The third-order valence-corrected chi connectivity index (χ3v) is 7.13. The maximum atomic E-state index is 13.2. The third kappa shape index (κ3) is 3.91. The molecule has 3 aromatic rings. The predicted molar refractivity (Wildman–Crippen MR) is 118 cm³/mol. The molecule has 2 aromatic heterocycles. The molecule has 6 nitrogen and oxygen atoms in total. The van der Waals surface area contributed by atoms with E-state index in [1.54, 1.807) is 0 Å². The van der Waals surface area contributed by atoms with Gasteiger partial charge in [0.15, 0.2) is 0 Å². The van der Waals surface area contributed by atoms with E-state index in [2.05, 4.69) is 43.9 Å². The number of aromatic nitrogens is 3. The lowest BCUT2D eigenvalue weighted by Gasteiger charge is -2.35. The number of benzene rings is 1. The van der Waals surface area contributed by atoms with Crippen molar-refractivity contribution < 1.29 is 9.32 Å². The molecular formula is C25H30N4O2. The number of amides is 1. The van der Waals surface area contributed by atoms with Gasteiger partial charge in [-0.2, -0.15) is 0 Å². The van der Waals surface area contributed by atoms with E-state index >= 15 is 0 Å². The summed E-state index contributed by atoms with van der Waals surface area (Å²) >= 11 is 0. The molecule has 1 amide bonds. The zero-order chi connectivity index (χ0) is 21.4. The van der Waals surface area contributed by atoms with Gasteiger partial charge in [-0.15, -0.1) is 0 Å². The average Bonchev–Trinajstić information content (AvgIpc) is 3.40. The van der Waals surface area contributed by atoms with E-state index in [0.717, 1.165) is 74.6 Å². The number of hydrogen-bond acceptors (Lipinski definition) is 4. The van der Waals surface area contributed by atoms with Crippen LogP contribution in [0.25, 0.3) is 0 Å². The van der Waals surface area contributed by atoms with Gasteiger partial charge < -0.3 is 14.0 Å². The molecule has 1 aliphatic heterocycles. The van der Waals surface area contributed by atoms with Crippen LogP contribution in [0.2, 0.25) is 0 Å². The van der Waals surface area contributed by atoms with Gasteiger partial charge in [0.1, 0.15) is 11.6 Å². The number of rotatable bonds is 4. The summed E-state index contributed by atoms with van der Waals surface area (Å²) in [6.45, 7) is 6.31. The Morgan fingerprint density at radius 1 is 1.13 bits per heavy atom. The number of imidazole rings is 1. The largest absolute Gasteiger partial charge is 0.361 e. The van der Waals surface area contributed by atoms with Gasteiger partial charge in [-0.3, -0.25) is 4.79 Å². The second-order valence-corrected chi connectivity index (χ2v) is 9.02. The highest BCUT2D eigenvalue weighted by Gasteiger charge is 2.32. The summed E-state index contributed by atoms with van der Waals surface area (Å²) in [5, 5.41) is 4.07. The SMILES string of the molecule is Cc1noc(C)c1Cn1ccnc1C1CCN(C(=O)C2CCc3ccccc3C2)CC1. The van der Waals surface area contributed by atoms with E-state index in [4.69, 9.17) is 4.52 Å². The zero-order valence-corrected chi connectivity index (χ0v) is 18.4. The third-order valence-electron chi connectivity index (χ3n) is 7.13. The molecule has 0 bridgehead atoms. The molecule has 1 atom stereocenters. The minimum atomic E-state index is 0.132. The maximum Gasteiger partial charge on any atom is 0.226 e. The fraction of sp³-hybridized carbons (Fsp3) is 0.480. The summed E-state index contributed by atoms with van der Waals surface area (Å²) in [6.07, 6.45) is 8.72. The van der Waals surface area contributed by atoms with Gasteiger partial charge in [0.25, 0.3) is 0 Å². The summed E-state index contributed by atoms with van der Waals surface area (Å²) in [5.74, 6) is 2.83. The molecule has 1 unspecified atom stereocenters. The smallest absolute Gasteiger partial charge is 0.226 e. The van der Waals surface area contributed by atoms with Gasteiger partial charge in [0, 0.05) is 42.9 Å². The van der Waals surface area contributed by atoms with Gasteiger partial charge in [0.05, 0.1) is 12.2 Å². The van der Waals surface area contributed by atoms with E-state index in [1.165, 1.54) is 11.1 Å². The molecule has 5 rings (SSSR count). The second kappa shape index (κ2) is 8.33. The molecule has 0 radical (unpaired) electrons. The topological polar surface area (TPSA) is 64.2 Å². The quantitative estimate of drug-likeness (QED) is 0.641. The summed E-state index contributed by atoms with van der Waals surface area (Å²) in [4.78, 5) is 20.0. The van der Waals surface area contributed by atoms with E-state index in [-0.39, 0.29) is 5.92 Å². The fourth-order valence-corrected chi connectivity index (χ4v) is 5.24. The summed E-state index contributed by atoms with van der Waals surface area (Å²) in [5.41, 5.74) is 4.83. The van der Waals surface area contributed by atoms with Gasteiger partial charge in [-0.25, -0.2) is 4.98 Å². The summed E-state index contributed by atoms with van der Waals surface area (Å²) < 4.78 is 7.54. The number of nitrogens with zero attached hydrogens (tertiary/aromatic N) is 4. The molecule has 31 heavy (non-hydrogen) atoms. The monoisotopic (exact) mass is 418 g/mol. The number of hydrogen-bond donors (Lipinski definition) is 0. The van der Waals surface area contributed by atoms with Crippen molar-refractivity contribution in [2.75, 3.05) is 13.1 Å². The van der Waals surface area contributed by atoms with Crippen LogP contribution in [0.5, 0.6) is 0 Å². The lowest BCUT2D eigenvalue weighted by molar-refractivity contribution is -0.137. The Labute approximate surface area is 183 Å². The number of likely N-dealkylation sites (tertiary alicyclic amines) is 1. The van der Waals surface area contributed by atoms with Crippen molar-refractivity contribution in [3.05, 3.63) is 70.6 Å². The minimum absolute atomic E-state index is 0.132. The van der Waals surface area contributed by atoms with E-state index in [1.807, 2.05) is 26.2 Å². The van der Waals surface area contributed by atoms with Crippen molar-refractivity contribution in [1.29, 1.82) is 0 Å². The van der Waals surface area contributed by atoms with E-state index in [0.29, 0.717) is 11.8 Å². The predicted octanol–water partition coefficient (Wildman–Crippen LogP) is 4.05. The Kier molecular flexibility index (Phi) is 5.38. The fourth-order valence-electron chi connectivity index (χ4n) is 5.24. The average molecular weight is 419 g/mol. The Bertz CT molecular complexity index is 1060. The molecule has 1 aromatic carbocycles. The van der Waals surface area contributed by atoms with Crippen molar-refractivity contribution in [2.24, 2.45) is 5.92 Å². The van der Waals surface area contributed by atoms with Crippen LogP contribution in [-0.2, 0) is 24.2 Å². The molecule has 2 aliphatic rings. The molecule has 3 heterocycles. The van der Waals surface area contributed by atoms with Gasteiger partial charge >= 0.3 is 0 Å². The molecule has 1 fully saturated rings. The van der Waals surface area contributed by atoms with Crippen LogP contribution in [0, 0.1) is 19.8 Å². The molecule has 6 heteroatoms. The standard InChI is InChI=1S/C25H30N4O2/c1-17-23(18(2)31-27-17)16-29-14-11-26-24(29)20-9-12-28(13-10-20)25(30)22-8-7-19-5-3-4-6-21(19)15-22/h3-6,11,14,20,22H,7-10,12-13,15-16H2,1-2H3. The molecule has 1 aliphatic carbocycles. The number of carbonyl (C=O) groups is 1. The first-order valence-corrected chi connectivity index (χ1v) is 11.4. The van der Waals surface area contributed by atoms with E-state index < -0.39 is 0 Å². The van der Waals surface area contributed by atoms with Crippen molar-refractivity contribution in [1.82, 2.24) is 19.6 Å². The first kappa shape index (κ1) is 20.0. The first-order chi connectivity index (χ1) is 15.1. The number of fused-ring (bicyclic) bond motifs is 1. The highest BCUT2D eigenvalue weighted by atomic mass is 16.5. The molecule has 0 saturated carbocycles. The van der Waals surface area contributed by atoms with E-state index in [9.17, 15) is 4.79 Å². The Morgan fingerprint density at radius 2 is 1.90 bits per heavy atom. The highest BCUT2D eigenvalue weighted by Crippen LogP contribution is 2.31. The Balaban J connectivity index is 1.22. The Hall–Kier alpha value is -2.89. The van der Waals surface area contributed by atoms with Crippen molar-refractivity contribution in [3.8, 4) is 0 Å². The minimum Gasteiger partial charge on any atom is -0.361 e. The first-order valence-electron chi connectivity index (χ1n) is 11.4. The van der Waals surface area contributed by atoms with Crippen molar-refractivity contribution in [3.63, 3.8) is 0 Å². The Morgan fingerprint density at radius 3 is 2.65 bits per heavy atom. The normalized spacial score (nSPS) is 19.4. The van der Waals surface area contributed by atoms with Crippen molar-refractivity contribution in [2.45, 2.75) is 58.4 Å². The molecular weight excluding hydrogens is 388 g/mol. The van der Waals surface area contributed by atoms with Crippen LogP contribution < -0.4 is 0 Å². The van der Waals surface area contributed by atoms with Gasteiger partial charge in [-0.05, 0) is 57.1 Å². The number of piperidine rings is 1. The molecule has 0 N–H and O–H groups in total. The van der Waals surface area contributed by atoms with Crippen LogP contribution in [0.4, 0.5) is 0 Å². The molecule has 0 spiro atoms. The zero-order valence-electron chi connectivity index (χ0n) is 18.4. The molecule has 162 valence electrons. The van der Waals surface area contributed by atoms with Crippen LogP contribution >= 0.6 is 0 Å².